The molecule has 0 saturated heterocycles. The minimum atomic E-state index is 0.253. The number of furan rings is 1. The van der Waals surface area contributed by atoms with Gasteiger partial charge in [-0.05, 0) is 25.1 Å². The van der Waals surface area contributed by atoms with E-state index in [2.05, 4.69) is 25.6 Å². The largest absolute Gasteiger partial charge is 0.466 e. The molecule has 0 unspecified atom stereocenters. The van der Waals surface area contributed by atoms with Gasteiger partial charge in [0.2, 0.25) is 11.7 Å². The van der Waals surface area contributed by atoms with E-state index in [4.69, 9.17) is 8.83 Å². The SMILES string of the molecule is Cc1cc(-c2nnc(Cn3nnc(-c4ccccc4)n3)o2)c(C)o1. The van der Waals surface area contributed by atoms with Gasteiger partial charge < -0.3 is 8.83 Å². The fourth-order valence-electron chi connectivity index (χ4n) is 2.40. The van der Waals surface area contributed by atoms with Crippen molar-refractivity contribution in [2.45, 2.75) is 20.4 Å². The van der Waals surface area contributed by atoms with Crippen LogP contribution in [0.1, 0.15) is 17.4 Å². The highest BCUT2D eigenvalue weighted by Crippen LogP contribution is 2.25. The van der Waals surface area contributed by atoms with Crippen LogP contribution in [0.2, 0.25) is 0 Å². The molecule has 0 saturated carbocycles. The maximum absolute atomic E-state index is 5.67. The molecule has 0 bridgehead atoms. The van der Waals surface area contributed by atoms with Crippen molar-refractivity contribution in [3.8, 4) is 22.8 Å². The van der Waals surface area contributed by atoms with Gasteiger partial charge in [-0.15, -0.1) is 20.4 Å². The van der Waals surface area contributed by atoms with Gasteiger partial charge in [-0.25, -0.2) is 0 Å². The lowest BCUT2D eigenvalue weighted by Crippen LogP contribution is -2.04. The predicted molar refractivity (Wildman–Crippen MR) is 83.8 cm³/mol. The van der Waals surface area contributed by atoms with Crippen molar-refractivity contribution in [1.82, 2.24) is 30.4 Å². The van der Waals surface area contributed by atoms with Crippen molar-refractivity contribution < 1.29 is 8.83 Å². The van der Waals surface area contributed by atoms with Crippen LogP contribution in [0.4, 0.5) is 0 Å². The Kier molecular flexibility index (Phi) is 3.42. The zero-order valence-corrected chi connectivity index (χ0v) is 13.2. The molecule has 4 aromatic rings. The fourth-order valence-corrected chi connectivity index (χ4v) is 2.40. The van der Waals surface area contributed by atoms with E-state index in [0.717, 1.165) is 22.6 Å². The van der Waals surface area contributed by atoms with Gasteiger partial charge in [0, 0.05) is 5.56 Å². The van der Waals surface area contributed by atoms with E-state index in [0.29, 0.717) is 17.6 Å². The number of hydrogen-bond donors (Lipinski definition) is 0. The smallest absolute Gasteiger partial charge is 0.251 e. The summed E-state index contributed by atoms with van der Waals surface area (Å²) in [6.45, 7) is 3.98. The molecule has 24 heavy (non-hydrogen) atoms. The van der Waals surface area contributed by atoms with Gasteiger partial charge in [0.05, 0.1) is 5.56 Å². The Hall–Kier alpha value is -3.29. The van der Waals surface area contributed by atoms with Crippen molar-refractivity contribution >= 4 is 0 Å². The molecule has 0 fully saturated rings. The number of benzene rings is 1. The van der Waals surface area contributed by atoms with Gasteiger partial charge in [0.15, 0.2) is 0 Å². The van der Waals surface area contributed by atoms with Gasteiger partial charge in [0.25, 0.3) is 5.89 Å². The average Bonchev–Trinajstić information content (AvgIpc) is 3.29. The normalized spacial score (nSPS) is 11.1. The molecule has 3 heterocycles. The third-order valence-electron chi connectivity index (χ3n) is 3.50. The summed E-state index contributed by atoms with van der Waals surface area (Å²) >= 11 is 0. The number of aromatic nitrogens is 6. The second-order valence-electron chi connectivity index (χ2n) is 5.34. The van der Waals surface area contributed by atoms with E-state index in [1.54, 1.807) is 0 Å². The number of hydrogen-bond acceptors (Lipinski definition) is 7. The van der Waals surface area contributed by atoms with Crippen LogP contribution < -0.4 is 0 Å². The van der Waals surface area contributed by atoms with E-state index < -0.39 is 0 Å². The van der Waals surface area contributed by atoms with E-state index in [9.17, 15) is 0 Å². The van der Waals surface area contributed by atoms with Gasteiger partial charge in [-0.1, -0.05) is 30.3 Å². The van der Waals surface area contributed by atoms with Gasteiger partial charge >= 0.3 is 0 Å². The standard InChI is InChI=1S/C16H14N6O2/c1-10-8-13(11(2)23-10)16-19-17-14(24-16)9-22-20-15(18-21-22)12-6-4-3-5-7-12/h3-8H,9H2,1-2H3. The predicted octanol–water partition coefficient (Wildman–Crippen LogP) is 2.65. The van der Waals surface area contributed by atoms with Crippen LogP contribution in [-0.4, -0.2) is 30.4 Å². The molecule has 4 rings (SSSR count). The molecule has 0 spiro atoms. The number of aryl methyl sites for hydroxylation is 2. The highest BCUT2D eigenvalue weighted by molar-refractivity contribution is 5.55. The van der Waals surface area contributed by atoms with Crippen molar-refractivity contribution in [1.29, 1.82) is 0 Å². The number of nitrogens with zero attached hydrogens (tertiary/aromatic N) is 6. The summed E-state index contributed by atoms with van der Waals surface area (Å²) in [4.78, 5) is 1.42. The van der Waals surface area contributed by atoms with Crippen LogP contribution in [0, 0.1) is 13.8 Å². The average molecular weight is 322 g/mol. The molecule has 8 nitrogen and oxygen atoms in total. The van der Waals surface area contributed by atoms with Crippen LogP contribution in [0.5, 0.6) is 0 Å². The third kappa shape index (κ3) is 2.69. The van der Waals surface area contributed by atoms with Gasteiger partial charge in [-0.3, -0.25) is 0 Å². The minimum Gasteiger partial charge on any atom is -0.466 e. The first-order valence-electron chi connectivity index (χ1n) is 7.42. The van der Waals surface area contributed by atoms with E-state index in [-0.39, 0.29) is 6.54 Å². The summed E-state index contributed by atoms with van der Waals surface area (Å²) in [6, 6.07) is 11.5. The van der Waals surface area contributed by atoms with Crippen molar-refractivity contribution in [2.24, 2.45) is 0 Å². The molecule has 0 amide bonds. The highest BCUT2D eigenvalue weighted by atomic mass is 16.4. The third-order valence-corrected chi connectivity index (χ3v) is 3.50. The summed E-state index contributed by atoms with van der Waals surface area (Å²) in [6.07, 6.45) is 0. The van der Waals surface area contributed by atoms with Crippen molar-refractivity contribution in [2.75, 3.05) is 0 Å². The van der Waals surface area contributed by atoms with Crippen LogP contribution >= 0.6 is 0 Å². The molecule has 8 heteroatoms. The Bertz CT molecular complexity index is 970. The maximum Gasteiger partial charge on any atom is 0.251 e. The Labute approximate surface area is 137 Å². The van der Waals surface area contributed by atoms with E-state index >= 15 is 0 Å². The lowest BCUT2D eigenvalue weighted by atomic mass is 10.2. The van der Waals surface area contributed by atoms with E-state index in [1.165, 1.54) is 4.80 Å². The zero-order valence-electron chi connectivity index (χ0n) is 13.2. The number of tetrazole rings is 1. The molecular weight excluding hydrogens is 308 g/mol. The first-order chi connectivity index (χ1) is 11.7. The Morgan fingerprint density at radius 2 is 1.83 bits per heavy atom. The Morgan fingerprint density at radius 1 is 1.00 bits per heavy atom. The molecule has 1 aromatic carbocycles. The summed E-state index contributed by atoms with van der Waals surface area (Å²) in [5.41, 5.74) is 1.70. The first-order valence-corrected chi connectivity index (χ1v) is 7.42. The monoisotopic (exact) mass is 322 g/mol. The minimum absolute atomic E-state index is 0.253. The molecule has 3 aromatic heterocycles. The molecule has 0 aliphatic heterocycles. The lowest BCUT2D eigenvalue weighted by Gasteiger charge is -1.93. The molecular formula is C16H14N6O2. The molecule has 0 N–H and O–H groups in total. The summed E-state index contributed by atoms with van der Waals surface area (Å²) in [5.74, 6) is 2.92. The second kappa shape index (κ2) is 5.73. The lowest BCUT2D eigenvalue weighted by molar-refractivity contribution is 0.445. The van der Waals surface area contributed by atoms with Crippen LogP contribution in [0.25, 0.3) is 22.8 Å². The molecule has 120 valence electrons. The number of rotatable bonds is 4. The van der Waals surface area contributed by atoms with Crippen molar-refractivity contribution in [3.05, 3.63) is 53.8 Å². The van der Waals surface area contributed by atoms with E-state index in [1.807, 2.05) is 50.2 Å². The Balaban J connectivity index is 1.55. The summed E-state index contributed by atoms with van der Waals surface area (Å²) in [7, 11) is 0. The second-order valence-corrected chi connectivity index (χ2v) is 5.34. The molecule has 0 atom stereocenters. The van der Waals surface area contributed by atoms with Gasteiger partial charge in [0.1, 0.15) is 18.1 Å². The molecule has 0 aliphatic carbocycles. The van der Waals surface area contributed by atoms with Gasteiger partial charge in [-0.2, -0.15) is 4.80 Å². The van der Waals surface area contributed by atoms with Crippen molar-refractivity contribution in [3.63, 3.8) is 0 Å². The summed E-state index contributed by atoms with van der Waals surface area (Å²) in [5, 5.41) is 20.5. The zero-order chi connectivity index (χ0) is 16.5. The van der Waals surface area contributed by atoms with Crippen LogP contribution in [-0.2, 0) is 6.54 Å². The quantitative estimate of drug-likeness (QED) is 0.570. The summed E-state index contributed by atoms with van der Waals surface area (Å²) < 4.78 is 11.2. The fraction of sp³-hybridized carbons (Fsp3) is 0.188. The van der Waals surface area contributed by atoms with Crippen LogP contribution in [0.3, 0.4) is 0 Å². The first kappa shape index (κ1) is 14.3. The van der Waals surface area contributed by atoms with Crippen LogP contribution in [0.15, 0.2) is 45.2 Å². The Morgan fingerprint density at radius 3 is 2.58 bits per heavy atom. The molecule has 0 radical (unpaired) electrons. The topological polar surface area (TPSA) is 95.7 Å². The molecule has 0 aliphatic rings. The maximum atomic E-state index is 5.67. The highest BCUT2D eigenvalue weighted by Gasteiger charge is 2.15.